The van der Waals surface area contributed by atoms with Gasteiger partial charge in [0.1, 0.15) is 5.82 Å². The van der Waals surface area contributed by atoms with E-state index in [-0.39, 0.29) is 0 Å². The van der Waals surface area contributed by atoms with Crippen molar-refractivity contribution in [2.24, 2.45) is 0 Å². The number of hydrogen-bond acceptors (Lipinski definition) is 2. The van der Waals surface area contributed by atoms with Gasteiger partial charge < -0.3 is 4.57 Å². The zero-order chi connectivity index (χ0) is 13.7. The van der Waals surface area contributed by atoms with E-state index in [1.54, 1.807) is 0 Å². The fourth-order valence-corrected chi connectivity index (χ4v) is 2.78. The van der Waals surface area contributed by atoms with Crippen molar-refractivity contribution >= 4 is 0 Å². The second kappa shape index (κ2) is 6.77. The summed E-state index contributed by atoms with van der Waals surface area (Å²) in [6.07, 6.45) is 7.50. The lowest BCUT2D eigenvalue weighted by Crippen LogP contribution is -2.35. The lowest BCUT2D eigenvalue weighted by Gasteiger charge is -2.31. The van der Waals surface area contributed by atoms with E-state index in [1.807, 2.05) is 6.20 Å². The molecule has 1 fully saturated rings. The van der Waals surface area contributed by atoms with E-state index in [2.05, 4.69) is 53.3 Å². The van der Waals surface area contributed by atoms with Gasteiger partial charge >= 0.3 is 0 Å². The van der Waals surface area contributed by atoms with Crippen LogP contribution in [0.2, 0.25) is 0 Å². The van der Waals surface area contributed by atoms with Gasteiger partial charge in [-0.3, -0.25) is 4.90 Å². The Balaban J connectivity index is 2.02. The van der Waals surface area contributed by atoms with E-state index in [4.69, 9.17) is 0 Å². The summed E-state index contributed by atoms with van der Waals surface area (Å²) in [7, 11) is 0. The normalized spacial score (nSPS) is 20.3. The number of piperidine rings is 1. The monoisotopic (exact) mass is 259 g/mol. The number of aromatic nitrogens is 2. The van der Waals surface area contributed by atoms with Gasteiger partial charge in [-0.15, -0.1) is 5.92 Å². The van der Waals surface area contributed by atoms with Crippen molar-refractivity contribution in [1.82, 2.24) is 14.5 Å². The first-order chi connectivity index (χ1) is 9.22. The van der Waals surface area contributed by atoms with Gasteiger partial charge in [0, 0.05) is 37.3 Å². The van der Waals surface area contributed by atoms with Crippen LogP contribution in [0, 0.1) is 11.8 Å². The summed E-state index contributed by atoms with van der Waals surface area (Å²) in [6, 6.07) is 0.493. The minimum absolute atomic E-state index is 0.493. The molecule has 1 aliphatic heterocycles. The third kappa shape index (κ3) is 3.61. The predicted octanol–water partition coefficient (Wildman–Crippen LogP) is 3.06. The molecular formula is C16H25N3. The van der Waals surface area contributed by atoms with Crippen molar-refractivity contribution in [2.75, 3.05) is 19.6 Å². The van der Waals surface area contributed by atoms with Gasteiger partial charge in [-0.1, -0.05) is 12.8 Å². The Morgan fingerprint density at radius 3 is 3.00 bits per heavy atom. The smallest absolute Gasteiger partial charge is 0.113 e. The molecule has 0 spiro atoms. The third-order valence-electron chi connectivity index (χ3n) is 3.73. The van der Waals surface area contributed by atoms with Crippen LogP contribution in [0.4, 0.5) is 0 Å². The molecule has 1 saturated heterocycles. The average Bonchev–Trinajstić information content (AvgIpc) is 2.89. The van der Waals surface area contributed by atoms with Crippen LogP contribution in [0.3, 0.4) is 0 Å². The van der Waals surface area contributed by atoms with Crippen LogP contribution >= 0.6 is 0 Å². The van der Waals surface area contributed by atoms with Crippen molar-refractivity contribution in [3.8, 4) is 11.8 Å². The first-order valence-electron chi connectivity index (χ1n) is 7.43. The molecule has 0 N–H and O–H groups in total. The van der Waals surface area contributed by atoms with Gasteiger partial charge in [0.15, 0.2) is 0 Å². The standard InChI is InChI=1S/C16H25N3/c1-4-5-6-10-18-11-7-8-15(13-18)16-17-9-12-19(16)14(2)3/h9,12,14-15H,4,7-8,10-11,13H2,1-3H3/t15-/m1/s1. The molecule has 0 unspecified atom stereocenters. The number of likely N-dealkylation sites (tertiary alicyclic amines) is 1. The Hall–Kier alpha value is -1.27. The maximum atomic E-state index is 4.59. The Morgan fingerprint density at radius 2 is 2.26 bits per heavy atom. The molecule has 19 heavy (non-hydrogen) atoms. The maximum Gasteiger partial charge on any atom is 0.113 e. The van der Waals surface area contributed by atoms with Crippen LogP contribution in [-0.4, -0.2) is 34.1 Å². The second-order valence-corrected chi connectivity index (χ2v) is 5.57. The Kier molecular flexibility index (Phi) is 5.04. The van der Waals surface area contributed by atoms with Crippen molar-refractivity contribution in [3.05, 3.63) is 18.2 Å². The first-order valence-corrected chi connectivity index (χ1v) is 7.43. The van der Waals surface area contributed by atoms with E-state index in [9.17, 15) is 0 Å². The van der Waals surface area contributed by atoms with E-state index in [0.29, 0.717) is 12.0 Å². The summed E-state index contributed by atoms with van der Waals surface area (Å²) in [6.45, 7) is 9.73. The molecule has 104 valence electrons. The van der Waals surface area contributed by atoms with Crippen molar-refractivity contribution in [2.45, 2.75) is 52.0 Å². The summed E-state index contributed by atoms with van der Waals surface area (Å²) in [5, 5.41) is 0. The van der Waals surface area contributed by atoms with Crippen molar-refractivity contribution in [1.29, 1.82) is 0 Å². The van der Waals surface area contributed by atoms with Gasteiger partial charge in [-0.25, -0.2) is 4.98 Å². The summed E-state index contributed by atoms with van der Waals surface area (Å²) >= 11 is 0. The molecule has 1 aromatic rings. The molecule has 2 rings (SSSR count). The molecule has 1 aliphatic rings. The van der Waals surface area contributed by atoms with Crippen LogP contribution < -0.4 is 0 Å². The van der Waals surface area contributed by atoms with Crippen LogP contribution in [0.5, 0.6) is 0 Å². The molecule has 0 aromatic carbocycles. The SMILES string of the molecule is CCC#CCN1CCC[C@@H](c2nccn2C(C)C)C1. The largest absolute Gasteiger partial charge is 0.332 e. The van der Waals surface area contributed by atoms with Crippen molar-refractivity contribution in [3.63, 3.8) is 0 Å². The zero-order valence-corrected chi connectivity index (χ0v) is 12.4. The number of nitrogens with zero attached hydrogens (tertiary/aromatic N) is 3. The Bertz CT molecular complexity index is 450. The van der Waals surface area contributed by atoms with Crippen LogP contribution in [0.15, 0.2) is 12.4 Å². The van der Waals surface area contributed by atoms with E-state index in [1.165, 1.54) is 25.2 Å². The highest BCUT2D eigenvalue weighted by Gasteiger charge is 2.24. The van der Waals surface area contributed by atoms with Gasteiger partial charge in [0.05, 0.1) is 6.54 Å². The molecule has 0 amide bonds. The number of hydrogen-bond donors (Lipinski definition) is 0. The van der Waals surface area contributed by atoms with Gasteiger partial charge in [-0.2, -0.15) is 0 Å². The quantitative estimate of drug-likeness (QED) is 0.778. The van der Waals surface area contributed by atoms with E-state index in [0.717, 1.165) is 19.5 Å². The molecule has 0 radical (unpaired) electrons. The minimum atomic E-state index is 0.493. The first kappa shape index (κ1) is 14.1. The summed E-state index contributed by atoms with van der Waals surface area (Å²) < 4.78 is 2.31. The number of rotatable bonds is 3. The molecule has 1 aromatic heterocycles. The minimum Gasteiger partial charge on any atom is -0.332 e. The molecule has 2 heterocycles. The van der Waals surface area contributed by atoms with Gasteiger partial charge in [0.25, 0.3) is 0 Å². The summed E-state index contributed by atoms with van der Waals surface area (Å²) in [4.78, 5) is 7.06. The molecule has 3 nitrogen and oxygen atoms in total. The molecule has 0 saturated carbocycles. The summed E-state index contributed by atoms with van der Waals surface area (Å²) in [5.74, 6) is 8.24. The fraction of sp³-hybridized carbons (Fsp3) is 0.688. The zero-order valence-electron chi connectivity index (χ0n) is 12.4. The second-order valence-electron chi connectivity index (χ2n) is 5.57. The van der Waals surface area contributed by atoms with Gasteiger partial charge in [0.2, 0.25) is 0 Å². The lowest BCUT2D eigenvalue weighted by molar-refractivity contribution is 0.223. The molecular weight excluding hydrogens is 234 g/mol. The van der Waals surface area contributed by atoms with Crippen LogP contribution in [-0.2, 0) is 0 Å². The topological polar surface area (TPSA) is 21.1 Å². The van der Waals surface area contributed by atoms with Gasteiger partial charge in [-0.05, 0) is 33.2 Å². The van der Waals surface area contributed by atoms with E-state index >= 15 is 0 Å². The average molecular weight is 259 g/mol. The van der Waals surface area contributed by atoms with Crippen LogP contribution in [0.25, 0.3) is 0 Å². The molecule has 1 atom stereocenters. The fourth-order valence-electron chi connectivity index (χ4n) is 2.78. The lowest BCUT2D eigenvalue weighted by atomic mass is 9.97. The predicted molar refractivity (Wildman–Crippen MR) is 79.1 cm³/mol. The van der Waals surface area contributed by atoms with Crippen molar-refractivity contribution < 1.29 is 0 Å². The molecule has 3 heteroatoms. The third-order valence-corrected chi connectivity index (χ3v) is 3.73. The number of imidazole rings is 1. The maximum absolute atomic E-state index is 4.59. The summed E-state index contributed by atoms with van der Waals surface area (Å²) in [5.41, 5.74) is 0. The highest BCUT2D eigenvalue weighted by Crippen LogP contribution is 2.27. The van der Waals surface area contributed by atoms with Crippen LogP contribution in [0.1, 0.15) is 57.8 Å². The Labute approximate surface area is 117 Å². The highest BCUT2D eigenvalue weighted by molar-refractivity contribution is 5.06. The molecule has 0 bridgehead atoms. The molecule has 0 aliphatic carbocycles. The highest BCUT2D eigenvalue weighted by atomic mass is 15.1. The Morgan fingerprint density at radius 1 is 1.42 bits per heavy atom. The van der Waals surface area contributed by atoms with E-state index < -0.39 is 0 Å².